The molecule has 0 saturated carbocycles. The summed E-state index contributed by atoms with van der Waals surface area (Å²) in [6.07, 6.45) is 3.27. The minimum absolute atomic E-state index is 0.00728. The van der Waals surface area contributed by atoms with E-state index >= 15 is 0 Å². The molecular weight excluding hydrogens is 507 g/mol. The van der Waals surface area contributed by atoms with E-state index in [-0.39, 0.29) is 24.2 Å². The van der Waals surface area contributed by atoms with Crippen LogP contribution in [0.2, 0.25) is 0 Å². The fourth-order valence-electron chi connectivity index (χ4n) is 5.67. The van der Waals surface area contributed by atoms with E-state index in [1.807, 2.05) is 60.4 Å². The van der Waals surface area contributed by atoms with E-state index in [0.29, 0.717) is 36.5 Å². The molecule has 2 aliphatic heterocycles. The SMILES string of the molecule is Cc1c(COc2cccc3c2CCCN3C(=O)C2CCOCC2)nc2ccc(F)cc2c1OCc1ccccc1. The first-order valence-corrected chi connectivity index (χ1v) is 14.0. The van der Waals surface area contributed by atoms with Crippen LogP contribution in [-0.4, -0.2) is 30.6 Å². The van der Waals surface area contributed by atoms with Crippen LogP contribution in [-0.2, 0) is 29.2 Å². The zero-order valence-corrected chi connectivity index (χ0v) is 22.7. The minimum atomic E-state index is -0.335. The first-order valence-electron chi connectivity index (χ1n) is 14.0. The summed E-state index contributed by atoms with van der Waals surface area (Å²) < 4.78 is 32.3. The summed E-state index contributed by atoms with van der Waals surface area (Å²) in [6.45, 7) is 4.53. The summed E-state index contributed by atoms with van der Waals surface area (Å²) in [4.78, 5) is 20.1. The van der Waals surface area contributed by atoms with Crippen LogP contribution < -0.4 is 14.4 Å². The highest BCUT2D eigenvalue weighted by Crippen LogP contribution is 2.37. The summed E-state index contributed by atoms with van der Waals surface area (Å²) in [5, 5.41) is 0.636. The Bertz CT molecular complexity index is 1520. The van der Waals surface area contributed by atoms with Gasteiger partial charge in [0.15, 0.2) is 0 Å². The molecule has 40 heavy (non-hydrogen) atoms. The van der Waals surface area contributed by atoms with Gasteiger partial charge in [0.2, 0.25) is 5.91 Å². The molecule has 0 bridgehead atoms. The van der Waals surface area contributed by atoms with Gasteiger partial charge in [-0.3, -0.25) is 4.79 Å². The Morgan fingerprint density at radius 3 is 2.67 bits per heavy atom. The zero-order chi connectivity index (χ0) is 27.5. The monoisotopic (exact) mass is 540 g/mol. The average molecular weight is 541 g/mol. The molecule has 7 heteroatoms. The molecule has 1 fully saturated rings. The summed E-state index contributed by atoms with van der Waals surface area (Å²) in [7, 11) is 0. The maximum atomic E-state index is 14.2. The molecule has 1 aromatic heterocycles. The Morgan fingerprint density at radius 1 is 1.02 bits per heavy atom. The second-order valence-electron chi connectivity index (χ2n) is 10.5. The van der Waals surface area contributed by atoms with E-state index in [1.54, 1.807) is 6.07 Å². The number of halogens is 1. The van der Waals surface area contributed by atoms with E-state index in [0.717, 1.165) is 66.0 Å². The van der Waals surface area contributed by atoms with Crippen LogP contribution in [0.5, 0.6) is 11.5 Å². The predicted molar refractivity (Wildman–Crippen MR) is 152 cm³/mol. The first kappa shape index (κ1) is 26.3. The molecule has 0 aliphatic carbocycles. The number of hydrogen-bond acceptors (Lipinski definition) is 5. The van der Waals surface area contributed by atoms with Crippen molar-refractivity contribution >= 4 is 22.5 Å². The molecule has 206 valence electrons. The number of nitrogens with zero attached hydrogens (tertiary/aromatic N) is 2. The molecule has 4 aromatic rings. The van der Waals surface area contributed by atoms with Gasteiger partial charge in [-0.2, -0.15) is 0 Å². The number of anilines is 1. The van der Waals surface area contributed by atoms with Crippen LogP contribution >= 0.6 is 0 Å². The quantitative estimate of drug-likeness (QED) is 0.266. The molecule has 3 heterocycles. The number of rotatable bonds is 7. The van der Waals surface area contributed by atoms with Crippen molar-refractivity contribution in [2.75, 3.05) is 24.7 Å². The van der Waals surface area contributed by atoms with Crippen LogP contribution in [0.25, 0.3) is 10.9 Å². The first-order chi connectivity index (χ1) is 19.6. The van der Waals surface area contributed by atoms with Crippen molar-refractivity contribution in [3.8, 4) is 11.5 Å². The number of fused-ring (bicyclic) bond motifs is 2. The minimum Gasteiger partial charge on any atom is -0.488 e. The van der Waals surface area contributed by atoms with E-state index in [4.69, 9.17) is 19.2 Å². The molecule has 0 unspecified atom stereocenters. The van der Waals surface area contributed by atoms with Gasteiger partial charge in [-0.05, 0) is 68.5 Å². The smallest absolute Gasteiger partial charge is 0.230 e. The topological polar surface area (TPSA) is 60.9 Å². The third-order valence-corrected chi connectivity index (χ3v) is 7.87. The van der Waals surface area contributed by atoms with Crippen LogP contribution in [0.4, 0.5) is 10.1 Å². The van der Waals surface area contributed by atoms with Crippen molar-refractivity contribution in [3.63, 3.8) is 0 Å². The fourth-order valence-corrected chi connectivity index (χ4v) is 5.67. The van der Waals surface area contributed by atoms with Gasteiger partial charge in [0.25, 0.3) is 0 Å². The van der Waals surface area contributed by atoms with Gasteiger partial charge in [0.05, 0.1) is 16.9 Å². The maximum Gasteiger partial charge on any atom is 0.230 e. The molecule has 1 amide bonds. The molecule has 6 nitrogen and oxygen atoms in total. The summed E-state index contributed by atoms with van der Waals surface area (Å²) in [6, 6.07) is 20.4. The molecular formula is C33H33FN2O4. The lowest BCUT2D eigenvalue weighted by molar-refractivity contribution is -0.125. The molecule has 0 radical (unpaired) electrons. The third kappa shape index (κ3) is 5.39. The number of hydrogen-bond donors (Lipinski definition) is 0. The molecule has 0 spiro atoms. The zero-order valence-electron chi connectivity index (χ0n) is 22.7. The van der Waals surface area contributed by atoms with Crippen molar-refractivity contribution in [3.05, 3.63) is 94.9 Å². The second kappa shape index (κ2) is 11.6. The molecule has 0 atom stereocenters. The Kier molecular flexibility index (Phi) is 7.64. The Labute approximate surface area is 233 Å². The number of pyridine rings is 1. The summed E-state index contributed by atoms with van der Waals surface area (Å²) >= 11 is 0. The number of ether oxygens (including phenoxy) is 3. The van der Waals surface area contributed by atoms with E-state index in [2.05, 4.69) is 0 Å². The summed E-state index contributed by atoms with van der Waals surface area (Å²) in [5.74, 6) is 1.22. The van der Waals surface area contributed by atoms with Crippen LogP contribution in [0.15, 0.2) is 66.7 Å². The average Bonchev–Trinajstić information content (AvgIpc) is 3.00. The van der Waals surface area contributed by atoms with Gasteiger partial charge in [-0.15, -0.1) is 0 Å². The highest BCUT2D eigenvalue weighted by atomic mass is 19.1. The molecule has 3 aromatic carbocycles. The summed E-state index contributed by atoms with van der Waals surface area (Å²) in [5.41, 5.74) is 5.20. The number of amides is 1. The second-order valence-corrected chi connectivity index (χ2v) is 10.5. The number of benzene rings is 3. The van der Waals surface area contributed by atoms with Crippen molar-refractivity contribution in [1.82, 2.24) is 4.98 Å². The number of aromatic nitrogens is 1. The lowest BCUT2D eigenvalue weighted by Crippen LogP contribution is -2.41. The van der Waals surface area contributed by atoms with Crippen molar-refractivity contribution in [2.24, 2.45) is 5.92 Å². The van der Waals surface area contributed by atoms with Crippen LogP contribution in [0, 0.1) is 18.7 Å². The van der Waals surface area contributed by atoms with E-state index in [1.165, 1.54) is 12.1 Å². The highest BCUT2D eigenvalue weighted by molar-refractivity contribution is 5.96. The molecule has 0 N–H and O–H groups in total. The predicted octanol–water partition coefficient (Wildman–Crippen LogP) is 6.55. The highest BCUT2D eigenvalue weighted by Gasteiger charge is 2.31. The van der Waals surface area contributed by atoms with E-state index in [9.17, 15) is 9.18 Å². The van der Waals surface area contributed by atoms with Crippen LogP contribution in [0.3, 0.4) is 0 Å². The van der Waals surface area contributed by atoms with Gasteiger partial charge in [-0.1, -0.05) is 36.4 Å². The van der Waals surface area contributed by atoms with Crippen molar-refractivity contribution in [1.29, 1.82) is 0 Å². The molecule has 6 rings (SSSR count). The maximum absolute atomic E-state index is 14.2. The Morgan fingerprint density at radius 2 is 1.85 bits per heavy atom. The largest absolute Gasteiger partial charge is 0.488 e. The van der Waals surface area contributed by atoms with Gasteiger partial charge in [0, 0.05) is 42.2 Å². The fraction of sp³-hybridized carbons (Fsp3) is 0.333. The van der Waals surface area contributed by atoms with Gasteiger partial charge < -0.3 is 19.1 Å². The van der Waals surface area contributed by atoms with Gasteiger partial charge in [-0.25, -0.2) is 9.37 Å². The van der Waals surface area contributed by atoms with Crippen molar-refractivity contribution < 1.29 is 23.4 Å². The normalized spacial score (nSPS) is 15.6. The lowest BCUT2D eigenvalue weighted by atomic mass is 9.95. The third-order valence-electron chi connectivity index (χ3n) is 7.87. The number of carbonyl (C=O) groups is 1. The van der Waals surface area contributed by atoms with Crippen LogP contribution in [0.1, 0.15) is 41.6 Å². The number of carbonyl (C=O) groups excluding carboxylic acids is 1. The molecule has 2 aliphatic rings. The van der Waals surface area contributed by atoms with Gasteiger partial charge >= 0.3 is 0 Å². The molecule has 1 saturated heterocycles. The Hall–Kier alpha value is -3.97. The Balaban J connectivity index is 1.27. The lowest BCUT2D eigenvalue weighted by Gasteiger charge is -2.34. The van der Waals surface area contributed by atoms with Crippen molar-refractivity contribution in [2.45, 2.75) is 45.8 Å². The van der Waals surface area contributed by atoms with E-state index < -0.39 is 0 Å². The standard InChI is InChI=1S/C33H33FN2O4/c1-22-29(35-28-13-12-25(34)19-27(28)32(22)40-20-23-7-3-2-4-8-23)21-39-31-11-5-10-30-26(31)9-6-16-36(30)33(37)24-14-17-38-18-15-24/h2-5,7-8,10-13,19,24H,6,9,14-18,20-21H2,1H3. The van der Waals surface area contributed by atoms with Gasteiger partial charge in [0.1, 0.15) is 30.5 Å².